The number of amides is 1. The monoisotopic (exact) mass is 639 g/mol. The SMILES string of the molecule is CC(C)(C)OC(=O)N(CC1CCc2cc(-c3ccnc(C(=O)O)c3)ccc2O1)CC(O)c1cccnc1.CC(C)(C)S(C)(C)C. The third kappa shape index (κ3) is 10.7. The van der Waals surface area contributed by atoms with Gasteiger partial charge in [-0.1, -0.05) is 32.9 Å². The summed E-state index contributed by atoms with van der Waals surface area (Å²) in [7, 11) is -0.340. The molecule has 1 aliphatic heterocycles. The maximum Gasteiger partial charge on any atom is 0.410 e. The van der Waals surface area contributed by atoms with Gasteiger partial charge in [-0.2, -0.15) is 0 Å². The fourth-order valence-electron chi connectivity index (χ4n) is 4.16. The molecule has 0 aliphatic carbocycles. The van der Waals surface area contributed by atoms with E-state index in [4.69, 9.17) is 9.47 Å². The van der Waals surface area contributed by atoms with E-state index in [9.17, 15) is 19.8 Å². The van der Waals surface area contributed by atoms with Crippen molar-refractivity contribution in [1.82, 2.24) is 14.9 Å². The Morgan fingerprint density at radius 1 is 1.04 bits per heavy atom. The van der Waals surface area contributed by atoms with Crippen LogP contribution in [0.4, 0.5) is 4.79 Å². The van der Waals surface area contributed by atoms with Gasteiger partial charge in [0.15, 0.2) is 0 Å². The summed E-state index contributed by atoms with van der Waals surface area (Å²) in [5.41, 5.74) is 2.56. The number of fused-ring (bicyclic) bond motifs is 1. The lowest BCUT2D eigenvalue weighted by Gasteiger charge is -2.40. The van der Waals surface area contributed by atoms with Gasteiger partial charge in [-0.05, 0) is 104 Å². The van der Waals surface area contributed by atoms with Crippen molar-refractivity contribution in [2.24, 2.45) is 0 Å². The van der Waals surface area contributed by atoms with Crippen molar-refractivity contribution in [3.63, 3.8) is 0 Å². The molecule has 0 spiro atoms. The van der Waals surface area contributed by atoms with Crippen LogP contribution < -0.4 is 4.74 Å². The number of aromatic carboxylic acids is 1. The molecule has 4 rings (SSSR count). The van der Waals surface area contributed by atoms with Gasteiger partial charge < -0.3 is 24.6 Å². The summed E-state index contributed by atoms with van der Waals surface area (Å²) in [5.74, 6) is -0.362. The molecule has 2 N–H and O–H groups in total. The minimum absolute atomic E-state index is 0.0118. The van der Waals surface area contributed by atoms with Gasteiger partial charge in [0.25, 0.3) is 0 Å². The Bertz CT molecular complexity index is 1430. The number of ether oxygens (including phenoxy) is 2. The second-order valence-electron chi connectivity index (χ2n) is 14.0. The molecule has 3 heterocycles. The molecule has 9 nitrogen and oxygen atoms in total. The zero-order chi connectivity index (χ0) is 33.6. The fraction of sp³-hybridized carbons (Fsp3) is 0.486. The van der Waals surface area contributed by atoms with Gasteiger partial charge in [0.1, 0.15) is 23.1 Å². The third-order valence-electron chi connectivity index (χ3n) is 7.78. The van der Waals surface area contributed by atoms with Crippen molar-refractivity contribution in [3.05, 3.63) is 77.9 Å². The summed E-state index contributed by atoms with van der Waals surface area (Å²) < 4.78 is 12.4. The Hall–Kier alpha value is -3.63. The number of nitrogens with zero attached hydrogens (tertiary/aromatic N) is 3. The molecule has 2 atom stereocenters. The van der Waals surface area contributed by atoms with Crippen LogP contribution in [-0.2, 0) is 11.2 Å². The van der Waals surface area contributed by atoms with Crippen molar-refractivity contribution in [1.29, 1.82) is 0 Å². The fourth-order valence-corrected chi connectivity index (χ4v) is 4.16. The number of carbonyl (C=O) groups excluding carboxylic acids is 1. The smallest absolute Gasteiger partial charge is 0.410 e. The number of carbonyl (C=O) groups is 2. The van der Waals surface area contributed by atoms with E-state index in [0.29, 0.717) is 22.5 Å². The number of benzene rings is 1. The molecule has 10 heteroatoms. The van der Waals surface area contributed by atoms with E-state index >= 15 is 0 Å². The lowest BCUT2D eigenvalue weighted by atomic mass is 9.97. The van der Waals surface area contributed by atoms with E-state index in [2.05, 4.69) is 49.5 Å². The maximum absolute atomic E-state index is 13.0. The third-order valence-corrected chi connectivity index (χ3v) is 11.5. The van der Waals surface area contributed by atoms with Crippen LogP contribution in [0.3, 0.4) is 0 Å². The average Bonchev–Trinajstić information content (AvgIpc) is 2.95. The highest BCUT2D eigenvalue weighted by atomic mass is 32.3. The molecule has 45 heavy (non-hydrogen) atoms. The highest BCUT2D eigenvalue weighted by Gasteiger charge is 2.30. The van der Waals surface area contributed by atoms with Crippen LogP contribution in [-0.4, -0.2) is 85.5 Å². The van der Waals surface area contributed by atoms with Crippen molar-refractivity contribution >= 4 is 22.1 Å². The Morgan fingerprint density at radius 2 is 1.71 bits per heavy atom. The van der Waals surface area contributed by atoms with Crippen LogP contribution in [0.15, 0.2) is 61.1 Å². The first-order chi connectivity index (χ1) is 20.8. The van der Waals surface area contributed by atoms with Crippen LogP contribution in [0.2, 0.25) is 0 Å². The molecule has 2 unspecified atom stereocenters. The predicted molar refractivity (Wildman–Crippen MR) is 181 cm³/mol. The lowest BCUT2D eigenvalue weighted by Crippen LogP contribution is -2.45. The molecule has 0 saturated carbocycles. The first-order valence-corrected chi connectivity index (χ1v) is 17.9. The molecule has 0 saturated heterocycles. The summed E-state index contributed by atoms with van der Waals surface area (Å²) in [5, 5.41) is 20.0. The number of aliphatic hydroxyl groups excluding tert-OH is 1. The second-order valence-corrected chi connectivity index (χ2v) is 18.9. The quantitative estimate of drug-likeness (QED) is 0.284. The van der Waals surface area contributed by atoms with Gasteiger partial charge in [0.05, 0.1) is 19.2 Å². The number of hydrogen-bond donors (Lipinski definition) is 2. The summed E-state index contributed by atoms with van der Waals surface area (Å²) >= 11 is 0. The topological polar surface area (TPSA) is 122 Å². The van der Waals surface area contributed by atoms with Gasteiger partial charge in [0, 0.05) is 24.2 Å². The molecule has 2 aromatic heterocycles. The maximum atomic E-state index is 13.0. The highest BCUT2D eigenvalue weighted by Crippen LogP contribution is 2.48. The van der Waals surface area contributed by atoms with Crippen molar-refractivity contribution in [2.75, 3.05) is 31.9 Å². The first-order valence-electron chi connectivity index (χ1n) is 15.1. The Labute approximate surface area is 269 Å². The van der Waals surface area contributed by atoms with Gasteiger partial charge >= 0.3 is 12.1 Å². The average molecular weight is 640 g/mol. The van der Waals surface area contributed by atoms with E-state index in [0.717, 1.165) is 23.1 Å². The Balaban J connectivity index is 0.000000610. The van der Waals surface area contributed by atoms with Crippen molar-refractivity contribution in [3.8, 4) is 16.9 Å². The second kappa shape index (κ2) is 14.6. The standard InChI is InChI=1S/C28H31N3O6.C7H18S/c1-28(2,3)37-27(35)31(17-24(32)21-5-4-11-29-15-21)16-22-8-6-20-13-18(7-9-25(20)36-22)19-10-12-30-23(14-19)26(33)34;1-7(2,3)8(4,5)6/h4-5,7,9-15,22,24,32H,6,8,16-17H2,1-3H3,(H,33,34);1-6H3. The normalized spacial score (nSPS) is 15.8. The van der Waals surface area contributed by atoms with Crippen molar-refractivity contribution < 1.29 is 29.3 Å². The number of carboxylic acids is 1. The van der Waals surface area contributed by atoms with Crippen molar-refractivity contribution in [2.45, 2.75) is 76.9 Å². The molecule has 1 aromatic carbocycles. The molecule has 0 radical (unpaired) electrons. The van der Waals surface area contributed by atoms with Crippen LogP contribution in [0, 0.1) is 0 Å². The molecular formula is C35H49N3O6S. The van der Waals surface area contributed by atoms with E-state index in [-0.39, 0.29) is 34.9 Å². The highest BCUT2D eigenvalue weighted by molar-refractivity contribution is 8.33. The van der Waals surface area contributed by atoms with Crippen LogP contribution in [0.1, 0.15) is 75.7 Å². The van der Waals surface area contributed by atoms with Crippen LogP contribution in [0.5, 0.6) is 5.75 Å². The van der Waals surface area contributed by atoms with E-state index < -0.39 is 23.8 Å². The predicted octanol–water partition coefficient (Wildman–Crippen LogP) is 6.99. The molecule has 0 bridgehead atoms. The molecule has 246 valence electrons. The van der Waals surface area contributed by atoms with Crippen LogP contribution in [0.25, 0.3) is 11.1 Å². The number of pyridine rings is 2. The van der Waals surface area contributed by atoms with Gasteiger partial charge in [-0.3, -0.25) is 4.98 Å². The Kier molecular flexibility index (Phi) is 11.7. The summed E-state index contributed by atoms with van der Waals surface area (Å²) in [6.45, 7) is 12.6. The van der Waals surface area contributed by atoms with Gasteiger partial charge in [-0.15, -0.1) is 0 Å². The summed E-state index contributed by atoms with van der Waals surface area (Å²) in [6.07, 6.45) is 11.4. The first kappa shape index (κ1) is 35.8. The lowest BCUT2D eigenvalue weighted by molar-refractivity contribution is 0.00364. The number of rotatable bonds is 7. The van der Waals surface area contributed by atoms with E-state index in [1.807, 2.05) is 18.2 Å². The number of aromatic nitrogens is 2. The minimum atomic E-state index is -1.07. The number of hydrogen-bond acceptors (Lipinski definition) is 7. The molecular weight excluding hydrogens is 590 g/mol. The van der Waals surface area contributed by atoms with Gasteiger partial charge in [-0.25, -0.2) is 24.6 Å². The molecule has 3 aromatic rings. The number of carboxylic acid groups (broad SMARTS) is 1. The molecule has 1 amide bonds. The van der Waals surface area contributed by atoms with E-state index in [1.165, 1.54) is 11.1 Å². The van der Waals surface area contributed by atoms with Gasteiger partial charge in [0.2, 0.25) is 0 Å². The largest absolute Gasteiger partial charge is 0.488 e. The number of aliphatic hydroxyl groups is 1. The molecule has 0 fully saturated rings. The summed E-state index contributed by atoms with van der Waals surface area (Å²) in [6, 6.07) is 12.5. The zero-order valence-corrected chi connectivity index (χ0v) is 28.9. The zero-order valence-electron chi connectivity index (χ0n) is 28.0. The number of aryl methyl sites for hydroxylation is 1. The van der Waals surface area contributed by atoms with E-state index in [1.54, 1.807) is 57.4 Å². The Morgan fingerprint density at radius 3 is 2.29 bits per heavy atom. The molecule has 1 aliphatic rings. The summed E-state index contributed by atoms with van der Waals surface area (Å²) in [4.78, 5) is 33.7. The van der Waals surface area contributed by atoms with Crippen LogP contribution >= 0.6 is 10.0 Å². The minimum Gasteiger partial charge on any atom is -0.488 e.